The first-order valence-corrected chi connectivity index (χ1v) is 9.06. The lowest BCUT2D eigenvalue weighted by atomic mass is 9.93. The largest absolute Gasteiger partial charge is 0.243 e. The van der Waals surface area contributed by atoms with Gasteiger partial charge in [-0.15, -0.1) is 0 Å². The Hall–Kier alpha value is -0.530. The molecule has 0 amide bonds. The molecular weight excluding hydrogens is 352 g/mol. The monoisotopic (exact) mass is 367 g/mol. The summed E-state index contributed by atoms with van der Waals surface area (Å²) in [6.45, 7) is 0.386. The molecule has 1 fully saturated rings. The van der Waals surface area contributed by atoms with Gasteiger partial charge in [-0.25, -0.2) is 17.2 Å². The van der Waals surface area contributed by atoms with Gasteiger partial charge < -0.3 is 0 Å². The molecule has 0 heterocycles. The minimum atomic E-state index is -3.77. The number of rotatable bonds is 6. The van der Waals surface area contributed by atoms with Gasteiger partial charge in [-0.3, -0.25) is 0 Å². The zero-order valence-corrected chi connectivity index (χ0v) is 13.3. The molecule has 0 atom stereocenters. The van der Waals surface area contributed by atoms with Crippen molar-refractivity contribution < 1.29 is 17.2 Å². The summed E-state index contributed by atoms with van der Waals surface area (Å²) >= 11 is 3.28. The molecule has 2 rings (SSSR count). The van der Waals surface area contributed by atoms with Gasteiger partial charge >= 0.3 is 0 Å². The van der Waals surface area contributed by atoms with Crippen LogP contribution in [0.2, 0.25) is 0 Å². The molecule has 0 spiro atoms. The third-order valence-corrected chi connectivity index (χ3v) is 6.00. The summed E-state index contributed by atoms with van der Waals surface area (Å²) in [6.07, 6.45) is 3.33. The minimum Gasteiger partial charge on any atom is -0.207 e. The van der Waals surface area contributed by atoms with Crippen molar-refractivity contribution in [2.45, 2.75) is 36.6 Å². The van der Waals surface area contributed by atoms with E-state index >= 15 is 0 Å². The maximum absolute atomic E-state index is 13.3. The molecule has 0 N–H and O–H groups in total. The lowest BCUT2D eigenvalue weighted by Crippen LogP contribution is -2.44. The zero-order chi connectivity index (χ0) is 14.8. The van der Waals surface area contributed by atoms with Crippen LogP contribution >= 0.6 is 15.9 Å². The van der Waals surface area contributed by atoms with Crippen LogP contribution in [0.25, 0.3) is 0 Å². The van der Waals surface area contributed by atoms with E-state index in [-0.39, 0.29) is 10.9 Å². The standard InChI is InChI=1S/C13H16BrF2NO2S/c14-7-2-8-17(10-3-1-4-10)20(18,19)11-5-6-12(15)13(16)9-11/h5-6,9-10H,1-4,7-8H2. The van der Waals surface area contributed by atoms with Gasteiger partial charge in [0.1, 0.15) is 0 Å². The van der Waals surface area contributed by atoms with Crippen molar-refractivity contribution in [3.05, 3.63) is 29.8 Å². The highest BCUT2D eigenvalue weighted by Gasteiger charge is 2.34. The van der Waals surface area contributed by atoms with Crippen LogP contribution in [0.1, 0.15) is 25.7 Å². The molecular formula is C13H16BrF2NO2S. The Morgan fingerprint density at radius 1 is 1.25 bits per heavy atom. The lowest BCUT2D eigenvalue weighted by molar-refractivity contribution is 0.220. The van der Waals surface area contributed by atoms with Crippen LogP contribution in [0.15, 0.2) is 23.1 Å². The first kappa shape index (κ1) is 15.9. The Balaban J connectivity index is 2.30. The third kappa shape index (κ3) is 3.20. The van der Waals surface area contributed by atoms with E-state index in [1.54, 1.807) is 0 Å². The Bertz CT molecular complexity index is 576. The molecule has 0 bridgehead atoms. The summed E-state index contributed by atoms with van der Waals surface area (Å²) in [5, 5.41) is 0.698. The molecule has 1 aromatic carbocycles. The molecule has 0 unspecified atom stereocenters. The Labute approximate surface area is 126 Å². The summed E-state index contributed by atoms with van der Waals surface area (Å²) in [5.74, 6) is -2.18. The predicted molar refractivity (Wildman–Crippen MR) is 76.3 cm³/mol. The van der Waals surface area contributed by atoms with E-state index in [0.29, 0.717) is 18.3 Å². The SMILES string of the molecule is O=S(=O)(c1ccc(F)c(F)c1)N(CCCBr)C1CCC1. The summed E-state index contributed by atoms with van der Waals surface area (Å²) in [5.41, 5.74) is 0. The Kier molecular flexibility index (Phi) is 5.14. The molecule has 3 nitrogen and oxygen atoms in total. The van der Waals surface area contributed by atoms with E-state index < -0.39 is 21.7 Å². The van der Waals surface area contributed by atoms with Gasteiger partial charge in [0, 0.05) is 17.9 Å². The third-order valence-electron chi connectivity index (χ3n) is 3.49. The van der Waals surface area contributed by atoms with Crippen molar-refractivity contribution in [1.29, 1.82) is 0 Å². The smallest absolute Gasteiger partial charge is 0.207 e. The fourth-order valence-corrected chi connectivity index (χ4v) is 4.15. The molecule has 112 valence electrons. The highest BCUT2D eigenvalue weighted by atomic mass is 79.9. The van der Waals surface area contributed by atoms with Crippen LogP contribution < -0.4 is 0 Å². The van der Waals surface area contributed by atoms with Crippen LogP contribution in [0.5, 0.6) is 0 Å². The highest BCUT2D eigenvalue weighted by molar-refractivity contribution is 9.09. The molecule has 1 saturated carbocycles. The average molecular weight is 368 g/mol. The van der Waals surface area contributed by atoms with E-state index in [1.807, 2.05) is 0 Å². The van der Waals surface area contributed by atoms with E-state index in [4.69, 9.17) is 0 Å². The van der Waals surface area contributed by atoms with Crippen molar-refractivity contribution >= 4 is 26.0 Å². The molecule has 0 radical (unpaired) electrons. The first-order valence-electron chi connectivity index (χ1n) is 6.49. The van der Waals surface area contributed by atoms with Gasteiger partial charge in [-0.05, 0) is 37.5 Å². The molecule has 0 saturated heterocycles. The fraction of sp³-hybridized carbons (Fsp3) is 0.538. The highest BCUT2D eigenvalue weighted by Crippen LogP contribution is 2.30. The topological polar surface area (TPSA) is 37.4 Å². The van der Waals surface area contributed by atoms with Gasteiger partial charge in [0.2, 0.25) is 10.0 Å². The second kappa shape index (κ2) is 6.49. The molecule has 1 aliphatic rings. The molecule has 1 aliphatic carbocycles. The summed E-state index contributed by atoms with van der Waals surface area (Å²) in [7, 11) is -3.77. The number of hydrogen-bond donors (Lipinski definition) is 0. The van der Waals surface area contributed by atoms with E-state index in [2.05, 4.69) is 15.9 Å². The summed E-state index contributed by atoms with van der Waals surface area (Å²) in [4.78, 5) is -0.183. The van der Waals surface area contributed by atoms with Crippen LogP contribution in [-0.2, 0) is 10.0 Å². The number of hydrogen-bond acceptors (Lipinski definition) is 2. The van der Waals surface area contributed by atoms with Gasteiger partial charge in [0.15, 0.2) is 11.6 Å². The van der Waals surface area contributed by atoms with E-state index in [1.165, 1.54) is 4.31 Å². The van der Waals surface area contributed by atoms with Crippen molar-refractivity contribution in [3.63, 3.8) is 0 Å². The molecule has 20 heavy (non-hydrogen) atoms. The van der Waals surface area contributed by atoms with Crippen LogP contribution in [0.4, 0.5) is 8.78 Å². The summed E-state index contributed by atoms with van der Waals surface area (Å²) < 4.78 is 52.7. The Morgan fingerprint density at radius 2 is 1.95 bits per heavy atom. The van der Waals surface area contributed by atoms with Crippen molar-refractivity contribution in [1.82, 2.24) is 4.31 Å². The van der Waals surface area contributed by atoms with Crippen molar-refractivity contribution in [3.8, 4) is 0 Å². The number of alkyl halides is 1. The quantitative estimate of drug-likeness (QED) is 0.723. The molecule has 7 heteroatoms. The predicted octanol–water partition coefficient (Wildman–Crippen LogP) is 3.29. The average Bonchev–Trinajstić information content (AvgIpc) is 2.35. The summed E-state index contributed by atoms with van der Waals surface area (Å²) in [6, 6.07) is 2.70. The minimum absolute atomic E-state index is 0.0211. The normalized spacial score (nSPS) is 16.4. The number of sulfonamides is 1. The lowest BCUT2D eigenvalue weighted by Gasteiger charge is -2.36. The van der Waals surface area contributed by atoms with Gasteiger partial charge in [-0.1, -0.05) is 22.4 Å². The fourth-order valence-electron chi connectivity index (χ4n) is 2.16. The van der Waals surface area contributed by atoms with Gasteiger partial charge in [0.05, 0.1) is 4.90 Å². The maximum atomic E-state index is 13.3. The van der Waals surface area contributed by atoms with Gasteiger partial charge in [0.25, 0.3) is 0 Å². The number of nitrogens with zero attached hydrogens (tertiary/aromatic N) is 1. The van der Waals surface area contributed by atoms with Gasteiger partial charge in [-0.2, -0.15) is 4.31 Å². The second-order valence-corrected chi connectivity index (χ2v) is 7.50. The molecule has 0 aliphatic heterocycles. The van der Waals surface area contributed by atoms with Crippen LogP contribution in [0, 0.1) is 11.6 Å². The number of halogens is 3. The first-order chi connectivity index (χ1) is 9.46. The number of benzene rings is 1. The Morgan fingerprint density at radius 3 is 2.45 bits per heavy atom. The van der Waals surface area contributed by atoms with Crippen LogP contribution in [-0.4, -0.2) is 30.6 Å². The van der Waals surface area contributed by atoms with E-state index in [0.717, 1.165) is 37.5 Å². The molecule has 1 aromatic rings. The zero-order valence-electron chi connectivity index (χ0n) is 10.9. The van der Waals surface area contributed by atoms with E-state index in [9.17, 15) is 17.2 Å². The van der Waals surface area contributed by atoms with Crippen molar-refractivity contribution in [2.24, 2.45) is 0 Å². The van der Waals surface area contributed by atoms with Crippen LogP contribution in [0.3, 0.4) is 0 Å². The maximum Gasteiger partial charge on any atom is 0.243 e. The second-order valence-electron chi connectivity index (χ2n) is 4.82. The molecule has 0 aromatic heterocycles. The van der Waals surface area contributed by atoms with Crippen molar-refractivity contribution in [2.75, 3.05) is 11.9 Å².